The highest BCUT2D eigenvalue weighted by Crippen LogP contribution is 2.24. The van der Waals surface area contributed by atoms with Gasteiger partial charge in [0.25, 0.3) is 10.0 Å². The van der Waals surface area contributed by atoms with Crippen LogP contribution in [-0.2, 0) is 10.0 Å². The van der Waals surface area contributed by atoms with Crippen LogP contribution in [-0.4, -0.2) is 18.6 Å². The number of aryl methyl sites for hydroxylation is 1. The Morgan fingerprint density at radius 2 is 2.11 bits per heavy atom. The lowest BCUT2D eigenvalue weighted by Gasteiger charge is -2.08. The molecule has 0 amide bonds. The van der Waals surface area contributed by atoms with Crippen LogP contribution < -0.4 is 10.5 Å². The number of rotatable bonds is 3. The van der Waals surface area contributed by atoms with Crippen molar-refractivity contribution in [2.24, 2.45) is 0 Å². The first-order valence-electron chi connectivity index (χ1n) is 4.98. The van der Waals surface area contributed by atoms with Crippen LogP contribution in [0.2, 0.25) is 0 Å². The Hall–Kier alpha value is -1.54. The Morgan fingerprint density at radius 3 is 2.67 bits per heavy atom. The summed E-state index contributed by atoms with van der Waals surface area (Å²) in [6.45, 7) is 1.78. The van der Waals surface area contributed by atoms with Crippen LogP contribution in [0, 0.1) is 6.92 Å². The van der Waals surface area contributed by atoms with Crippen LogP contribution in [0.5, 0.6) is 0 Å². The molecule has 0 aliphatic heterocycles. The molecule has 4 N–H and O–H groups in total. The fraction of sp³-hybridized carbons (Fsp3) is 0.100. The average Bonchev–Trinajstić information content (AvgIpc) is 2.62. The third-order valence-corrected chi connectivity index (χ3v) is 4.13. The Bertz CT molecular complexity index is 681. The Balaban J connectivity index is 2.36. The molecule has 18 heavy (non-hydrogen) atoms. The van der Waals surface area contributed by atoms with Gasteiger partial charge in [0.05, 0.1) is 5.69 Å². The molecular weight excluding hydrogens is 320 g/mol. The van der Waals surface area contributed by atoms with Gasteiger partial charge in [-0.05, 0) is 25.1 Å². The van der Waals surface area contributed by atoms with Gasteiger partial charge in [-0.3, -0.25) is 9.82 Å². The monoisotopic (exact) mass is 330 g/mol. The van der Waals surface area contributed by atoms with Gasteiger partial charge >= 0.3 is 0 Å². The molecule has 2 rings (SSSR count). The molecule has 0 saturated heterocycles. The van der Waals surface area contributed by atoms with E-state index in [2.05, 4.69) is 30.8 Å². The minimum Gasteiger partial charge on any atom is -0.398 e. The Kier molecular flexibility index (Phi) is 3.31. The van der Waals surface area contributed by atoms with E-state index in [0.29, 0.717) is 0 Å². The molecule has 0 atom stereocenters. The second-order valence-electron chi connectivity index (χ2n) is 3.72. The van der Waals surface area contributed by atoms with Crippen LogP contribution in [0.15, 0.2) is 33.6 Å². The number of nitrogen functional groups attached to an aromatic ring is 1. The van der Waals surface area contributed by atoms with Gasteiger partial charge in [0.1, 0.15) is 4.90 Å². The van der Waals surface area contributed by atoms with E-state index in [0.717, 1.165) is 10.2 Å². The van der Waals surface area contributed by atoms with Crippen LogP contribution in [0.1, 0.15) is 5.69 Å². The largest absolute Gasteiger partial charge is 0.398 e. The highest BCUT2D eigenvalue weighted by molar-refractivity contribution is 9.10. The number of H-pyrrole nitrogens is 1. The minimum absolute atomic E-state index is 0.0198. The molecule has 96 valence electrons. The number of halogens is 1. The lowest BCUT2D eigenvalue weighted by molar-refractivity contribution is 0.601. The molecule has 0 bridgehead atoms. The summed E-state index contributed by atoms with van der Waals surface area (Å²) in [5.41, 5.74) is 6.62. The lowest BCUT2D eigenvalue weighted by atomic mass is 10.3. The minimum atomic E-state index is -3.73. The Labute approximate surface area is 113 Å². The van der Waals surface area contributed by atoms with Crippen molar-refractivity contribution >= 4 is 37.5 Å². The molecule has 6 nitrogen and oxygen atoms in total. The molecule has 1 aromatic heterocycles. The highest BCUT2D eigenvalue weighted by Gasteiger charge is 2.18. The van der Waals surface area contributed by atoms with Crippen molar-refractivity contribution in [3.8, 4) is 0 Å². The van der Waals surface area contributed by atoms with E-state index in [1.165, 1.54) is 12.1 Å². The number of nitrogens with zero attached hydrogens (tertiary/aromatic N) is 1. The molecular formula is C10H11BrN4O2S. The van der Waals surface area contributed by atoms with E-state index in [1.54, 1.807) is 19.1 Å². The number of aromatic nitrogens is 2. The van der Waals surface area contributed by atoms with Crippen LogP contribution in [0.3, 0.4) is 0 Å². The summed E-state index contributed by atoms with van der Waals surface area (Å²) in [5.74, 6) is 0.231. The number of aromatic amines is 1. The molecule has 0 radical (unpaired) electrons. The normalized spacial score (nSPS) is 11.4. The van der Waals surface area contributed by atoms with Crippen LogP contribution in [0.4, 0.5) is 11.5 Å². The first-order chi connectivity index (χ1) is 8.38. The first-order valence-corrected chi connectivity index (χ1v) is 7.26. The van der Waals surface area contributed by atoms with E-state index in [1.807, 2.05) is 0 Å². The quantitative estimate of drug-likeness (QED) is 0.747. The maximum atomic E-state index is 12.1. The zero-order valence-electron chi connectivity index (χ0n) is 9.44. The van der Waals surface area contributed by atoms with Gasteiger partial charge in [-0.25, -0.2) is 8.42 Å². The van der Waals surface area contributed by atoms with Crippen molar-refractivity contribution in [3.63, 3.8) is 0 Å². The molecule has 0 unspecified atom stereocenters. The number of sulfonamides is 1. The van der Waals surface area contributed by atoms with Gasteiger partial charge in [-0.15, -0.1) is 0 Å². The summed E-state index contributed by atoms with van der Waals surface area (Å²) < 4.78 is 27.2. The van der Waals surface area contributed by atoms with Gasteiger partial charge in [0, 0.05) is 16.2 Å². The predicted molar refractivity (Wildman–Crippen MR) is 72.7 cm³/mol. The van der Waals surface area contributed by atoms with Gasteiger partial charge < -0.3 is 5.73 Å². The van der Waals surface area contributed by atoms with Crippen molar-refractivity contribution in [1.82, 2.24) is 10.2 Å². The second kappa shape index (κ2) is 4.62. The average molecular weight is 331 g/mol. The summed E-state index contributed by atoms with van der Waals surface area (Å²) in [5, 5.41) is 6.46. The maximum absolute atomic E-state index is 12.1. The smallest absolute Gasteiger partial charge is 0.265 e. The summed E-state index contributed by atoms with van der Waals surface area (Å²) in [6, 6.07) is 6.17. The molecule has 0 fully saturated rings. The SMILES string of the molecule is Cc1cc(NS(=O)(=O)c2ccc(Br)cc2N)n[nH]1. The zero-order valence-corrected chi connectivity index (χ0v) is 11.8. The van der Waals surface area contributed by atoms with Gasteiger partial charge in [0.15, 0.2) is 5.82 Å². The molecule has 0 saturated carbocycles. The molecule has 1 heterocycles. The standard InChI is InChI=1S/C10H11BrN4O2S/c1-6-4-10(14-13-6)15-18(16,17)9-3-2-7(11)5-8(9)12/h2-5H,12H2,1H3,(H2,13,14,15). The van der Waals surface area contributed by atoms with E-state index < -0.39 is 10.0 Å². The molecule has 0 aliphatic carbocycles. The van der Waals surface area contributed by atoms with E-state index in [-0.39, 0.29) is 16.4 Å². The number of hydrogen-bond donors (Lipinski definition) is 3. The van der Waals surface area contributed by atoms with E-state index in [4.69, 9.17) is 5.73 Å². The van der Waals surface area contributed by atoms with Gasteiger partial charge in [-0.1, -0.05) is 15.9 Å². The number of nitrogens with two attached hydrogens (primary N) is 1. The third-order valence-electron chi connectivity index (χ3n) is 2.21. The van der Waals surface area contributed by atoms with Crippen LogP contribution in [0.25, 0.3) is 0 Å². The molecule has 2 aromatic rings. The Morgan fingerprint density at radius 1 is 1.39 bits per heavy atom. The van der Waals surface area contributed by atoms with Crippen molar-refractivity contribution in [1.29, 1.82) is 0 Å². The first kappa shape index (κ1) is 12.9. The van der Waals surface area contributed by atoms with Crippen molar-refractivity contribution in [2.45, 2.75) is 11.8 Å². The maximum Gasteiger partial charge on any atom is 0.265 e. The van der Waals surface area contributed by atoms with Crippen molar-refractivity contribution < 1.29 is 8.42 Å². The van der Waals surface area contributed by atoms with E-state index in [9.17, 15) is 8.42 Å². The summed E-state index contributed by atoms with van der Waals surface area (Å²) in [7, 11) is -3.73. The highest BCUT2D eigenvalue weighted by atomic mass is 79.9. The molecule has 0 spiro atoms. The summed E-state index contributed by atoms with van der Waals surface area (Å²) in [4.78, 5) is 0.0198. The lowest BCUT2D eigenvalue weighted by Crippen LogP contribution is -2.15. The predicted octanol–water partition coefficient (Wildman–Crippen LogP) is 1.86. The second-order valence-corrected chi connectivity index (χ2v) is 6.29. The fourth-order valence-corrected chi connectivity index (χ4v) is 2.91. The zero-order chi connectivity index (χ0) is 13.3. The van der Waals surface area contributed by atoms with Gasteiger partial charge in [0.2, 0.25) is 0 Å². The number of nitrogens with one attached hydrogen (secondary N) is 2. The number of benzene rings is 1. The third kappa shape index (κ3) is 2.65. The van der Waals surface area contributed by atoms with Crippen molar-refractivity contribution in [3.05, 3.63) is 34.4 Å². The number of anilines is 2. The van der Waals surface area contributed by atoms with Crippen molar-refractivity contribution in [2.75, 3.05) is 10.5 Å². The topological polar surface area (TPSA) is 101 Å². The summed E-state index contributed by atoms with van der Waals surface area (Å²) >= 11 is 3.22. The molecule has 8 heteroatoms. The van der Waals surface area contributed by atoms with E-state index >= 15 is 0 Å². The van der Waals surface area contributed by atoms with Gasteiger partial charge in [-0.2, -0.15) is 5.10 Å². The molecule has 0 aliphatic rings. The summed E-state index contributed by atoms with van der Waals surface area (Å²) in [6.07, 6.45) is 0. The fourth-order valence-electron chi connectivity index (χ4n) is 1.43. The van der Waals surface area contributed by atoms with Crippen LogP contribution >= 0.6 is 15.9 Å². The number of hydrogen-bond acceptors (Lipinski definition) is 4. The molecule has 1 aromatic carbocycles.